The Bertz CT molecular complexity index is 705. The number of fused-ring (bicyclic) bond motifs is 1. The van der Waals surface area contributed by atoms with Gasteiger partial charge in [-0.3, -0.25) is 0 Å². The molecule has 87 valence electrons. The lowest BCUT2D eigenvalue weighted by atomic mass is 10.0. The molecule has 0 spiro atoms. The lowest BCUT2D eigenvalue weighted by Gasteiger charge is -2.06. The second kappa shape index (κ2) is 4.35. The number of phenolic OH excluding ortho intramolecular Hbond substituents is 1. The summed E-state index contributed by atoms with van der Waals surface area (Å²) in [5.41, 5.74) is 1.89. The zero-order valence-corrected chi connectivity index (χ0v) is 10.3. The van der Waals surface area contributed by atoms with Gasteiger partial charge in [0.1, 0.15) is 5.75 Å². The van der Waals surface area contributed by atoms with Crippen molar-refractivity contribution >= 4 is 22.4 Å². The van der Waals surface area contributed by atoms with Crippen LogP contribution in [0, 0.1) is 6.07 Å². The molecule has 3 aromatic rings. The third-order valence-electron chi connectivity index (χ3n) is 2.89. The highest BCUT2D eigenvalue weighted by molar-refractivity contribution is 6.31. The van der Waals surface area contributed by atoms with E-state index in [0.717, 1.165) is 21.9 Å². The summed E-state index contributed by atoms with van der Waals surface area (Å²) in [6.07, 6.45) is 0. The molecule has 18 heavy (non-hydrogen) atoms. The fourth-order valence-electron chi connectivity index (χ4n) is 2.01. The fourth-order valence-corrected chi connectivity index (χ4v) is 2.18. The highest BCUT2D eigenvalue weighted by Crippen LogP contribution is 2.32. The van der Waals surface area contributed by atoms with Gasteiger partial charge in [0, 0.05) is 10.4 Å². The molecule has 0 saturated carbocycles. The molecule has 0 amide bonds. The van der Waals surface area contributed by atoms with Crippen LogP contribution in [0.25, 0.3) is 21.9 Å². The van der Waals surface area contributed by atoms with Crippen LogP contribution in [0.1, 0.15) is 0 Å². The first-order valence-corrected chi connectivity index (χ1v) is 6.02. The molecule has 0 aliphatic carbocycles. The lowest BCUT2D eigenvalue weighted by molar-refractivity contribution is 0.482. The molecule has 0 aliphatic rings. The Morgan fingerprint density at radius 2 is 1.72 bits per heavy atom. The van der Waals surface area contributed by atoms with Crippen molar-refractivity contribution in [2.75, 3.05) is 0 Å². The van der Waals surface area contributed by atoms with E-state index >= 15 is 0 Å². The molecule has 0 atom stereocenters. The summed E-state index contributed by atoms with van der Waals surface area (Å²) in [6, 6.07) is 20.2. The molecule has 1 radical (unpaired) electrons. The van der Waals surface area contributed by atoms with Gasteiger partial charge in [0.05, 0.1) is 0 Å². The fraction of sp³-hybridized carbons (Fsp3) is 0. The number of phenols is 1. The first kappa shape index (κ1) is 11.1. The Kier molecular flexibility index (Phi) is 2.69. The van der Waals surface area contributed by atoms with E-state index < -0.39 is 0 Å². The van der Waals surface area contributed by atoms with Crippen molar-refractivity contribution in [3.05, 3.63) is 65.7 Å². The minimum atomic E-state index is 0.249. The Labute approximate surface area is 110 Å². The van der Waals surface area contributed by atoms with Crippen LogP contribution in [0.2, 0.25) is 5.02 Å². The Hall–Kier alpha value is -1.99. The van der Waals surface area contributed by atoms with Gasteiger partial charge < -0.3 is 5.11 Å². The minimum Gasteiger partial charge on any atom is -0.507 e. The molecule has 0 heterocycles. The van der Waals surface area contributed by atoms with Gasteiger partial charge >= 0.3 is 0 Å². The van der Waals surface area contributed by atoms with Gasteiger partial charge in [0.2, 0.25) is 0 Å². The molecular weight excluding hydrogens is 244 g/mol. The van der Waals surface area contributed by atoms with Crippen LogP contribution < -0.4 is 0 Å². The smallest absolute Gasteiger partial charge is 0.124 e. The van der Waals surface area contributed by atoms with E-state index in [1.54, 1.807) is 18.2 Å². The van der Waals surface area contributed by atoms with Crippen molar-refractivity contribution in [1.29, 1.82) is 0 Å². The van der Waals surface area contributed by atoms with E-state index in [1.807, 2.05) is 36.4 Å². The molecule has 3 rings (SSSR count). The van der Waals surface area contributed by atoms with E-state index in [-0.39, 0.29) is 5.75 Å². The molecule has 0 unspecified atom stereocenters. The largest absolute Gasteiger partial charge is 0.507 e. The zero-order chi connectivity index (χ0) is 12.5. The molecule has 0 saturated heterocycles. The van der Waals surface area contributed by atoms with Crippen LogP contribution in [-0.4, -0.2) is 5.11 Å². The number of rotatable bonds is 1. The summed E-state index contributed by atoms with van der Waals surface area (Å²) in [5.74, 6) is 0.249. The summed E-state index contributed by atoms with van der Waals surface area (Å²) >= 11 is 5.97. The summed E-state index contributed by atoms with van der Waals surface area (Å²) in [5, 5.41) is 12.3. The van der Waals surface area contributed by atoms with Gasteiger partial charge in [-0.05, 0) is 46.8 Å². The molecule has 0 aliphatic heterocycles. The quantitative estimate of drug-likeness (QED) is 0.668. The average Bonchev–Trinajstić information content (AvgIpc) is 2.39. The average molecular weight is 254 g/mol. The molecule has 1 N–H and O–H groups in total. The van der Waals surface area contributed by atoms with Crippen LogP contribution in [0.4, 0.5) is 0 Å². The molecule has 0 aromatic heterocycles. The lowest BCUT2D eigenvalue weighted by Crippen LogP contribution is -1.81. The van der Waals surface area contributed by atoms with Crippen molar-refractivity contribution in [3.63, 3.8) is 0 Å². The number of benzene rings is 3. The predicted molar refractivity (Wildman–Crippen MR) is 74.9 cm³/mol. The van der Waals surface area contributed by atoms with Crippen molar-refractivity contribution in [3.8, 4) is 16.9 Å². The van der Waals surface area contributed by atoms with Crippen molar-refractivity contribution in [1.82, 2.24) is 0 Å². The number of halogens is 1. The standard InChI is InChI=1S/C16H10ClO/c17-14-6-7-15-13(9-14)8-12(10-16(15)18)11-4-2-1-3-5-11/h1-7,9-10,18H. The predicted octanol–water partition coefficient (Wildman–Crippen LogP) is 4.67. The van der Waals surface area contributed by atoms with Crippen LogP contribution >= 0.6 is 11.6 Å². The van der Waals surface area contributed by atoms with Crippen LogP contribution in [0.15, 0.2) is 54.6 Å². The van der Waals surface area contributed by atoms with Gasteiger partial charge in [-0.2, -0.15) is 0 Å². The van der Waals surface area contributed by atoms with E-state index in [4.69, 9.17) is 11.6 Å². The topological polar surface area (TPSA) is 20.2 Å². The first-order chi connectivity index (χ1) is 8.74. The third kappa shape index (κ3) is 1.93. The van der Waals surface area contributed by atoms with Gasteiger partial charge in [0.25, 0.3) is 0 Å². The summed E-state index contributed by atoms with van der Waals surface area (Å²) in [6.45, 7) is 0. The normalized spacial score (nSPS) is 10.7. The minimum absolute atomic E-state index is 0.249. The Morgan fingerprint density at radius 3 is 2.50 bits per heavy atom. The zero-order valence-electron chi connectivity index (χ0n) is 9.52. The highest BCUT2D eigenvalue weighted by atomic mass is 35.5. The second-order valence-corrected chi connectivity index (χ2v) is 4.56. The molecule has 0 fully saturated rings. The molecule has 3 aromatic carbocycles. The van der Waals surface area contributed by atoms with E-state index in [0.29, 0.717) is 5.02 Å². The summed E-state index contributed by atoms with van der Waals surface area (Å²) < 4.78 is 0. The van der Waals surface area contributed by atoms with Crippen LogP contribution in [0.5, 0.6) is 5.75 Å². The number of aromatic hydroxyl groups is 1. The van der Waals surface area contributed by atoms with Crippen molar-refractivity contribution in [2.24, 2.45) is 0 Å². The Balaban J connectivity index is 2.27. The van der Waals surface area contributed by atoms with E-state index in [1.165, 1.54) is 0 Å². The highest BCUT2D eigenvalue weighted by Gasteiger charge is 2.05. The monoisotopic (exact) mass is 253 g/mol. The SMILES string of the molecule is Oc1cc(-c2ccccc2)[c]c2cc(Cl)ccc12. The van der Waals surface area contributed by atoms with Gasteiger partial charge in [-0.1, -0.05) is 41.9 Å². The summed E-state index contributed by atoms with van der Waals surface area (Å²) in [7, 11) is 0. The maximum absolute atomic E-state index is 10.0. The molecular formula is C16H10ClO. The Morgan fingerprint density at radius 1 is 0.944 bits per heavy atom. The van der Waals surface area contributed by atoms with Crippen molar-refractivity contribution < 1.29 is 5.11 Å². The van der Waals surface area contributed by atoms with E-state index in [2.05, 4.69) is 6.07 Å². The third-order valence-corrected chi connectivity index (χ3v) is 3.13. The molecule has 0 bridgehead atoms. The van der Waals surface area contributed by atoms with Gasteiger partial charge in [0.15, 0.2) is 0 Å². The van der Waals surface area contributed by atoms with E-state index in [9.17, 15) is 5.11 Å². The first-order valence-electron chi connectivity index (χ1n) is 5.64. The van der Waals surface area contributed by atoms with Crippen molar-refractivity contribution in [2.45, 2.75) is 0 Å². The van der Waals surface area contributed by atoms with Crippen LogP contribution in [0.3, 0.4) is 0 Å². The summed E-state index contributed by atoms with van der Waals surface area (Å²) in [4.78, 5) is 0. The molecule has 2 heteroatoms. The van der Waals surface area contributed by atoms with Crippen LogP contribution in [-0.2, 0) is 0 Å². The maximum atomic E-state index is 10.0. The number of hydrogen-bond donors (Lipinski definition) is 1. The molecule has 1 nitrogen and oxygen atoms in total. The van der Waals surface area contributed by atoms with Gasteiger partial charge in [-0.15, -0.1) is 0 Å². The van der Waals surface area contributed by atoms with Gasteiger partial charge in [-0.25, -0.2) is 0 Å². The second-order valence-electron chi connectivity index (χ2n) is 4.12. The maximum Gasteiger partial charge on any atom is 0.124 e. The number of hydrogen-bond acceptors (Lipinski definition) is 1.